The molecule has 0 aromatic heterocycles. The van der Waals surface area contributed by atoms with Crippen molar-refractivity contribution < 1.29 is 17.9 Å². The fourth-order valence-electron chi connectivity index (χ4n) is 2.09. The molecule has 1 rings (SSSR count). The number of ether oxygens (including phenoxy) is 1. The molecule has 0 saturated carbocycles. The van der Waals surface area contributed by atoms with E-state index in [1.54, 1.807) is 0 Å². The first-order valence-corrected chi connectivity index (χ1v) is 7.84. The summed E-state index contributed by atoms with van der Waals surface area (Å²) in [6.45, 7) is 14.3. The van der Waals surface area contributed by atoms with Crippen LogP contribution in [0, 0.1) is 0 Å². The molecule has 0 atom stereocenters. The number of allylic oxidation sites excluding steroid dienone is 3. The van der Waals surface area contributed by atoms with Crippen molar-refractivity contribution in [3.05, 3.63) is 53.1 Å². The number of benzene rings is 1. The summed E-state index contributed by atoms with van der Waals surface area (Å²) in [5, 5.41) is 0. The lowest BCUT2D eigenvalue weighted by molar-refractivity contribution is -0.137. The fraction of sp³-hybridized carbons (Fsp3) is 0.474. The summed E-state index contributed by atoms with van der Waals surface area (Å²) in [5.41, 5.74) is 2.74. The molecule has 0 aliphatic rings. The number of hydrogen-bond donors (Lipinski definition) is 0. The van der Waals surface area contributed by atoms with Crippen molar-refractivity contribution in [3.63, 3.8) is 0 Å². The highest BCUT2D eigenvalue weighted by Crippen LogP contribution is 2.31. The highest BCUT2D eigenvalue weighted by molar-refractivity contribution is 5.31. The first-order valence-electron chi connectivity index (χ1n) is 7.84. The van der Waals surface area contributed by atoms with Gasteiger partial charge in [-0.15, -0.1) is 0 Å². The molecule has 0 fully saturated rings. The number of alkyl halides is 3. The van der Waals surface area contributed by atoms with Crippen LogP contribution < -0.4 is 4.74 Å². The highest BCUT2D eigenvalue weighted by Gasteiger charge is 2.30. The van der Waals surface area contributed by atoms with Crippen LogP contribution in [0.25, 0.3) is 0 Å². The summed E-state index contributed by atoms with van der Waals surface area (Å²) < 4.78 is 43.1. The lowest BCUT2D eigenvalue weighted by Crippen LogP contribution is -2.05. The molecule has 0 saturated heterocycles. The van der Waals surface area contributed by atoms with E-state index < -0.39 is 11.7 Å². The number of rotatable bonds is 6. The number of hydrogen-bond acceptors (Lipinski definition) is 1. The van der Waals surface area contributed by atoms with Gasteiger partial charge in [-0.1, -0.05) is 37.6 Å². The zero-order chi connectivity index (χ0) is 18.0. The second-order valence-electron chi connectivity index (χ2n) is 5.24. The van der Waals surface area contributed by atoms with Gasteiger partial charge in [0.05, 0.1) is 12.2 Å². The van der Waals surface area contributed by atoms with Gasteiger partial charge in [0.25, 0.3) is 0 Å². The molecule has 1 aromatic carbocycles. The smallest absolute Gasteiger partial charge is 0.416 e. The van der Waals surface area contributed by atoms with Gasteiger partial charge in [-0.2, -0.15) is 13.2 Å². The molecule has 0 radical (unpaired) electrons. The van der Waals surface area contributed by atoms with E-state index in [9.17, 15) is 13.2 Å². The molecule has 0 heterocycles. The van der Waals surface area contributed by atoms with E-state index in [0.717, 1.165) is 30.5 Å². The SMILES string of the molecule is C=C(C)C(CCCOc1cccc(C(F)(F)F)c1)=C(C)C.CC. The van der Waals surface area contributed by atoms with Crippen molar-refractivity contribution in [2.45, 2.75) is 53.6 Å². The third kappa shape index (κ3) is 7.91. The Bertz CT molecular complexity index is 524. The zero-order valence-electron chi connectivity index (χ0n) is 14.7. The topological polar surface area (TPSA) is 9.23 Å². The Labute approximate surface area is 137 Å². The Morgan fingerprint density at radius 2 is 1.74 bits per heavy atom. The zero-order valence-corrected chi connectivity index (χ0v) is 14.7. The molecule has 1 aromatic rings. The lowest BCUT2D eigenvalue weighted by Gasteiger charge is -2.12. The molecule has 0 aliphatic heterocycles. The monoisotopic (exact) mass is 328 g/mol. The molecule has 0 amide bonds. The van der Waals surface area contributed by atoms with Crippen molar-refractivity contribution in [1.29, 1.82) is 0 Å². The Morgan fingerprint density at radius 1 is 1.13 bits per heavy atom. The maximum Gasteiger partial charge on any atom is 0.416 e. The van der Waals surface area contributed by atoms with Crippen LogP contribution in [0.15, 0.2) is 47.6 Å². The van der Waals surface area contributed by atoms with E-state index in [1.807, 2.05) is 34.6 Å². The van der Waals surface area contributed by atoms with Crippen molar-refractivity contribution in [1.82, 2.24) is 0 Å². The van der Waals surface area contributed by atoms with Crippen LogP contribution >= 0.6 is 0 Å². The molecule has 0 aliphatic carbocycles. The van der Waals surface area contributed by atoms with Crippen LogP contribution in [0.2, 0.25) is 0 Å². The Hall–Kier alpha value is -1.71. The van der Waals surface area contributed by atoms with Crippen LogP contribution in [0.5, 0.6) is 5.75 Å². The number of halogens is 3. The van der Waals surface area contributed by atoms with E-state index >= 15 is 0 Å². The van der Waals surface area contributed by atoms with Crippen LogP contribution in [0.3, 0.4) is 0 Å². The fourth-order valence-corrected chi connectivity index (χ4v) is 2.09. The van der Waals surface area contributed by atoms with E-state index in [4.69, 9.17) is 4.74 Å². The molecule has 4 heteroatoms. The van der Waals surface area contributed by atoms with E-state index in [0.29, 0.717) is 6.61 Å². The standard InChI is InChI=1S/C17H21F3O.C2H6/c1-12(2)16(13(3)4)9-6-10-21-15-8-5-7-14(11-15)17(18,19)20;1-2/h5,7-8,11H,1,6,9-10H2,2-4H3;1-2H3. The minimum atomic E-state index is -4.34. The average Bonchev–Trinajstić information content (AvgIpc) is 2.47. The van der Waals surface area contributed by atoms with Gasteiger partial charge in [0.15, 0.2) is 0 Å². The normalized spacial score (nSPS) is 10.4. The van der Waals surface area contributed by atoms with Gasteiger partial charge in [-0.3, -0.25) is 0 Å². The van der Waals surface area contributed by atoms with Gasteiger partial charge < -0.3 is 4.74 Å². The Kier molecular flexibility index (Phi) is 9.38. The predicted molar refractivity (Wildman–Crippen MR) is 90.7 cm³/mol. The molecule has 0 spiro atoms. The Morgan fingerprint density at radius 3 is 2.22 bits per heavy atom. The van der Waals surface area contributed by atoms with Crippen LogP contribution in [0.4, 0.5) is 13.2 Å². The molecule has 23 heavy (non-hydrogen) atoms. The molecular weight excluding hydrogens is 301 g/mol. The van der Waals surface area contributed by atoms with Gasteiger partial charge in [-0.25, -0.2) is 0 Å². The summed E-state index contributed by atoms with van der Waals surface area (Å²) in [7, 11) is 0. The molecule has 1 nitrogen and oxygen atoms in total. The second-order valence-corrected chi connectivity index (χ2v) is 5.24. The lowest BCUT2D eigenvalue weighted by atomic mass is 9.99. The third-order valence-electron chi connectivity index (χ3n) is 3.12. The maximum atomic E-state index is 12.6. The quantitative estimate of drug-likeness (QED) is 0.412. The van der Waals surface area contributed by atoms with Gasteiger partial charge in [0.2, 0.25) is 0 Å². The summed E-state index contributed by atoms with van der Waals surface area (Å²) in [6.07, 6.45) is -2.78. The van der Waals surface area contributed by atoms with Crippen molar-refractivity contribution in [3.8, 4) is 5.75 Å². The summed E-state index contributed by atoms with van der Waals surface area (Å²) in [4.78, 5) is 0. The Balaban J connectivity index is 0.00000232. The van der Waals surface area contributed by atoms with Crippen molar-refractivity contribution in [2.24, 2.45) is 0 Å². The minimum absolute atomic E-state index is 0.249. The largest absolute Gasteiger partial charge is 0.494 e. The maximum absolute atomic E-state index is 12.6. The van der Waals surface area contributed by atoms with Crippen molar-refractivity contribution >= 4 is 0 Å². The van der Waals surface area contributed by atoms with Crippen LogP contribution in [0.1, 0.15) is 53.0 Å². The average molecular weight is 328 g/mol. The first-order chi connectivity index (χ1) is 10.7. The summed E-state index contributed by atoms with van der Waals surface area (Å²) in [5.74, 6) is 0.249. The van der Waals surface area contributed by atoms with E-state index in [1.165, 1.54) is 23.3 Å². The summed E-state index contributed by atoms with van der Waals surface area (Å²) >= 11 is 0. The van der Waals surface area contributed by atoms with Gasteiger partial charge in [0.1, 0.15) is 5.75 Å². The van der Waals surface area contributed by atoms with Gasteiger partial charge >= 0.3 is 6.18 Å². The molecule has 130 valence electrons. The van der Waals surface area contributed by atoms with E-state index in [2.05, 4.69) is 6.58 Å². The molecule has 0 bridgehead atoms. The minimum Gasteiger partial charge on any atom is -0.494 e. The summed E-state index contributed by atoms with van der Waals surface area (Å²) in [6, 6.07) is 4.96. The predicted octanol–water partition coefficient (Wildman–Crippen LogP) is 6.80. The van der Waals surface area contributed by atoms with Crippen molar-refractivity contribution in [2.75, 3.05) is 6.61 Å². The highest BCUT2D eigenvalue weighted by atomic mass is 19.4. The second kappa shape index (κ2) is 10.1. The van der Waals surface area contributed by atoms with E-state index in [-0.39, 0.29) is 5.75 Å². The first kappa shape index (κ1) is 21.3. The van der Waals surface area contributed by atoms with Crippen LogP contribution in [-0.4, -0.2) is 6.61 Å². The molecular formula is C19H27F3O. The van der Waals surface area contributed by atoms with Gasteiger partial charge in [0, 0.05) is 0 Å². The van der Waals surface area contributed by atoms with Crippen LogP contribution in [-0.2, 0) is 6.18 Å². The van der Waals surface area contributed by atoms with Gasteiger partial charge in [-0.05, 0) is 57.4 Å². The molecule has 0 N–H and O–H groups in total. The molecule has 0 unspecified atom stereocenters. The third-order valence-corrected chi connectivity index (χ3v) is 3.12.